The predicted octanol–water partition coefficient (Wildman–Crippen LogP) is 1.45. The van der Waals surface area contributed by atoms with Gasteiger partial charge in [-0.2, -0.15) is 5.10 Å². The van der Waals surface area contributed by atoms with Crippen molar-refractivity contribution in [2.45, 2.75) is 38.1 Å². The molecule has 0 amide bonds. The van der Waals surface area contributed by atoms with E-state index in [-0.39, 0.29) is 5.54 Å². The number of aromatic nitrogens is 2. The molecule has 0 aliphatic heterocycles. The molecular weight excluding hydrogens is 150 g/mol. The van der Waals surface area contributed by atoms with Crippen LogP contribution < -0.4 is 5.73 Å². The number of nitrogens with zero attached hydrogens (tertiary/aromatic N) is 1. The van der Waals surface area contributed by atoms with E-state index in [9.17, 15) is 0 Å². The lowest BCUT2D eigenvalue weighted by atomic mass is 9.95. The maximum absolute atomic E-state index is 6.21. The van der Waals surface area contributed by atoms with Crippen molar-refractivity contribution in [3.63, 3.8) is 0 Å². The summed E-state index contributed by atoms with van der Waals surface area (Å²) in [5.74, 6) is 0. The van der Waals surface area contributed by atoms with Crippen LogP contribution in [0, 0.1) is 6.92 Å². The molecule has 3 N–H and O–H groups in total. The summed E-state index contributed by atoms with van der Waals surface area (Å²) >= 11 is 0. The third kappa shape index (κ3) is 1.14. The smallest absolute Gasteiger partial charge is 0.0823 e. The third-order valence-electron chi connectivity index (χ3n) is 2.71. The Labute approximate surface area is 72.4 Å². The van der Waals surface area contributed by atoms with Gasteiger partial charge < -0.3 is 5.73 Å². The SMILES string of the molecule is Cc1cc(C2(N)CCCC2)n[nH]1. The summed E-state index contributed by atoms with van der Waals surface area (Å²) in [4.78, 5) is 0. The molecule has 0 spiro atoms. The van der Waals surface area contributed by atoms with E-state index < -0.39 is 0 Å². The molecule has 0 aromatic carbocycles. The normalized spacial score (nSPS) is 21.5. The van der Waals surface area contributed by atoms with Crippen molar-refractivity contribution in [1.29, 1.82) is 0 Å². The van der Waals surface area contributed by atoms with Crippen LogP contribution in [-0.2, 0) is 5.54 Å². The Hall–Kier alpha value is -0.830. The van der Waals surface area contributed by atoms with Gasteiger partial charge in [0, 0.05) is 5.69 Å². The van der Waals surface area contributed by atoms with E-state index in [1.54, 1.807) is 0 Å². The van der Waals surface area contributed by atoms with Crippen LogP contribution in [0.3, 0.4) is 0 Å². The van der Waals surface area contributed by atoms with E-state index >= 15 is 0 Å². The van der Waals surface area contributed by atoms with E-state index in [1.807, 2.05) is 6.92 Å². The molecule has 1 aromatic rings. The van der Waals surface area contributed by atoms with Gasteiger partial charge in [-0.3, -0.25) is 5.10 Å². The highest BCUT2D eigenvalue weighted by Gasteiger charge is 2.33. The summed E-state index contributed by atoms with van der Waals surface area (Å²) in [7, 11) is 0. The number of nitrogens with one attached hydrogen (secondary N) is 1. The maximum atomic E-state index is 6.21. The van der Waals surface area contributed by atoms with E-state index in [1.165, 1.54) is 12.8 Å². The Morgan fingerprint density at radius 2 is 2.17 bits per heavy atom. The second-order valence-corrected chi connectivity index (χ2v) is 3.80. The van der Waals surface area contributed by atoms with Crippen LogP contribution in [0.1, 0.15) is 37.1 Å². The molecule has 1 aliphatic carbocycles. The molecular formula is C9H15N3. The molecule has 3 heteroatoms. The minimum Gasteiger partial charge on any atom is -0.320 e. The molecule has 0 atom stereocenters. The van der Waals surface area contributed by atoms with Crippen molar-refractivity contribution in [3.8, 4) is 0 Å². The van der Waals surface area contributed by atoms with Crippen molar-refractivity contribution < 1.29 is 0 Å². The minimum atomic E-state index is -0.134. The fourth-order valence-electron chi connectivity index (χ4n) is 1.94. The van der Waals surface area contributed by atoms with E-state index in [0.717, 1.165) is 24.2 Å². The molecule has 1 heterocycles. The molecule has 0 saturated heterocycles. The van der Waals surface area contributed by atoms with Crippen LogP contribution >= 0.6 is 0 Å². The van der Waals surface area contributed by atoms with Crippen molar-refractivity contribution in [3.05, 3.63) is 17.5 Å². The molecule has 1 saturated carbocycles. The zero-order valence-electron chi connectivity index (χ0n) is 7.43. The number of hydrogen-bond acceptors (Lipinski definition) is 2. The summed E-state index contributed by atoms with van der Waals surface area (Å²) in [5, 5.41) is 7.16. The first-order valence-corrected chi connectivity index (χ1v) is 4.52. The average Bonchev–Trinajstić information content (AvgIpc) is 2.59. The molecule has 1 fully saturated rings. The lowest BCUT2D eigenvalue weighted by Crippen LogP contribution is -2.33. The van der Waals surface area contributed by atoms with Gasteiger partial charge in [-0.05, 0) is 25.8 Å². The van der Waals surface area contributed by atoms with Gasteiger partial charge in [-0.25, -0.2) is 0 Å². The average molecular weight is 165 g/mol. The molecule has 1 aliphatic rings. The van der Waals surface area contributed by atoms with Gasteiger partial charge in [-0.15, -0.1) is 0 Å². The Morgan fingerprint density at radius 3 is 2.67 bits per heavy atom. The summed E-state index contributed by atoms with van der Waals surface area (Å²) in [6.07, 6.45) is 4.64. The van der Waals surface area contributed by atoms with Crippen LogP contribution in [0.25, 0.3) is 0 Å². The zero-order chi connectivity index (χ0) is 8.60. The highest BCUT2D eigenvalue weighted by atomic mass is 15.1. The van der Waals surface area contributed by atoms with Gasteiger partial charge in [0.05, 0.1) is 11.2 Å². The van der Waals surface area contributed by atoms with Gasteiger partial charge in [0.15, 0.2) is 0 Å². The molecule has 0 radical (unpaired) electrons. The number of aromatic amines is 1. The quantitative estimate of drug-likeness (QED) is 0.661. The standard InChI is InChI=1S/C9H15N3/c1-7-6-8(12-11-7)9(10)4-2-3-5-9/h6H,2-5,10H2,1H3,(H,11,12). The lowest BCUT2D eigenvalue weighted by Gasteiger charge is -2.20. The fourth-order valence-corrected chi connectivity index (χ4v) is 1.94. The number of aryl methyl sites for hydroxylation is 1. The largest absolute Gasteiger partial charge is 0.320 e. The molecule has 2 rings (SSSR count). The lowest BCUT2D eigenvalue weighted by molar-refractivity contribution is 0.446. The number of rotatable bonds is 1. The number of hydrogen-bond donors (Lipinski definition) is 2. The fraction of sp³-hybridized carbons (Fsp3) is 0.667. The second-order valence-electron chi connectivity index (χ2n) is 3.80. The van der Waals surface area contributed by atoms with Crippen molar-refractivity contribution in [2.24, 2.45) is 5.73 Å². The van der Waals surface area contributed by atoms with Crippen molar-refractivity contribution in [2.75, 3.05) is 0 Å². The number of nitrogens with two attached hydrogens (primary N) is 1. The van der Waals surface area contributed by atoms with E-state index in [0.29, 0.717) is 0 Å². The molecule has 12 heavy (non-hydrogen) atoms. The van der Waals surface area contributed by atoms with E-state index in [4.69, 9.17) is 5.73 Å². The minimum absolute atomic E-state index is 0.134. The Kier molecular flexibility index (Phi) is 1.68. The summed E-state index contributed by atoms with van der Waals surface area (Å²) in [5.41, 5.74) is 8.22. The summed E-state index contributed by atoms with van der Waals surface area (Å²) in [6, 6.07) is 2.06. The van der Waals surface area contributed by atoms with Crippen LogP contribution in [0.5, 0.6) is 0 Å². The van der Waals surface area contributed by atoms with E-state index in [2.05, 4.69) is 16.3 Å². The maximum Gasteiger partial charge on any atom is 0.0823 e. The Balaban J connectivity index is 2.28. The Bertz CT molecular complexity index is 271. The monoisotopic (exact) mass is 165 g/mol. The third-order valence-corrected chi connectivity index (χ3v) is 2.71. The van der Waals surface area contributed by atoms with Crippen LogP contribution in [0.15, 0.2) is 6.07 Å². The first-order valence-electron chi connectivity index (χ1n) is 4.52. The molecule has 0 bridgehead atoms. The zero-order valence-corrected chi connectivity index (χ0v) is 7.43. The van der Waals surface area contributed by atoms with Crippen molar-refractivity contribution >= 4 is 0 Å². The van der Waals surface area contributed by atoms with Gasteiger partial charge in [0.1, 0.15) is 0 Å². The first kappa shape index (κ1) is 7.80. The number of H-pyrrole nitrogens is 1. The summed E-state index contributed by atoms with van der Waals surface area (Å²) < 4.78 is 0. The van der Waals surface area contributed by atoms with Crippen LogP contribution in [0.2, 0.25) is 0 Å². The van der Waals surface area contributed by atoms with Crippen LogP contribution in [0.4, 0.5) is 0 Å². The molecule has 3 nitrogen and oxygen atoms in total. The molecule has 0 unspecified atom stereocenters. The molecule has 1 aromatic heterocycles. The first-order chi connectivity index (χ1) is 5.71. The molecule has 66 valence electrons. The Morgan fingerprint density at radius 1 is 1.50 bits per heavy atom. The highest BCUT2D eigenvalue weighted by molar-refractivity contribution is 5.18. The van der Waals surface area contributed by atoms with Gasteiger partial charge >= 0.3 is 0 Å². The topological polar surface area (TPSA) is 54.7 Å². The second kappa shape index (κ2) is 2.59. The van der Waals surface area contributed by atoms with Crippen LogP contribution in [-0.4, -0.2) is 10.2 Å². The predicted molar refractivity (Wildman–Crippen MR) is 47.7 cm³/mol. The summed E-state index contributed by atoms with van der Waals surface area (Å²) in [6.45, 7) is 2.01. The van der Waals surface area contributed by atoms with Crippen molar-refractivity contribution in [1.82, 2.24) is 10.2 Å². The van der Waals surface area contributed by atoms with Gasteiger partial charge in [-0.1, -0.05) is 12.8 Å². The highest BCUT2D eigenvalue weighted by Crippen LogP contribution is 2.35. The van der Waals surface area contributed by atoms with Gasteiger partial charge in [0.2, 0.25) is 0 Å². The van der Waals surface area contributed by atoms with Gasteiger partial charge in [0.25, 0.3) is 0 Å².